The van der Waals surface area contributed by atoms with E-state index in [0.29, 0.717) is 28.7 Å². The van der Waals surface area contributed by atoms with E-state index in [1.54, 1.807) is 25.3 Å². The molecule has 2 aromatic rings. The van der Waals surface area contributed by atoms with Crippen molar-refractivity contribution in [3.8, 4) is 5.75 Å². The number of carbonyl (C=O) groups is 1. The van der Waals surface area contributed by atoms with Crippen LogP contribution in [-0.2, 0) is 11.2 Å². The molecule has 4 nitrogen and oxygen atoms in total. The smallest absolute Gasteiger partial charge is 0.239 e. The van der Waals surface area contributed by atoms with Crippen LogP contribution in [0.4, 0.5) is 5.69 Å². The third kappa shape index (κ3) is 5.66. The van der Waals surface area contributed by atoms with Crippen LogP contribution in [0.3, 0.4) is 0 Å². The van der Waals surface area contributed by atoms with Crippen molar-refractivity contribution >= 4 is 34.8 Å². The number of rotatable bonds is 7. The lowest BCUT2D eigenvalue weighted by Gasteiger charge is -2.10. The van der Waals surface area contributed by atoms with E-state index in [1.165, 1.54) is 0 Å². The maximum atomic E-state index is 11.9. The quantitative estimate of drug-likeness (QED) is 0.797. The molecule has 0 radical (unpaired) electrons. The minimum absolute atomic E-state index is 0.101. The van der Waals surface area contributed by atoms with Crippen LogP contribution in [0.1, 0.15) is 5.56 Å². The topological polar surface area (TPSA) is 50.4 Å². The normalized spacial score (nSPS) is 10.2. The number of nitrogens with one attached hydrogen (secondary N) is 2. The van der Waals surface area contributed by atoms with Gasteiger partial charge in [0.05, 0.1) is 13.7 Å². The fourth-order valence-corrected chi connectivity index (χ4v) is 2.67. The van der Waals surface area contributed by atoms with Crippen LogP contribution >= 0.6 is 23.2 Å². The Balaban J connectivity index is 1.77. The number of methoxy groups -OCH3 is 1. The first-order valence-electron chi connectivity index (χ1n) is 7.17. The van der Waals surface area contributed by atoms with E-state index in [9.17, 15) is 4.79 Å². The number of hydrogen-bond acceptors (Lipinski definition) is 3. The van der Waals surface area contributed by atoms with Crippen molar-refractivity contribution in [3.05, 3.63) is 58.1 Å². The minimum Gasteiger partial charge on any atom is -0.496 e. The van der Waals surface area contributed by atoms with E-state index in [1.807, 2.05) is 24.3 Å². The summed E-state index contributed by atoms with van der Waals surface area (Å²) in [5.74, 6) is 0.726. The Labute approximate surface area is 145 Å². The average Bonchev–Trinajstić information content (AvgIpc) is 2.52. The lowest BCUT2D eigenvalue weighted by molar-refractivity contribution is -0.119. The first-order valence-corrected chi connectivity index (χ1v) is 7.92. The highest BCUT2D eigenvalue weighted by Crippen LogP contribution is 2.22. The average molecular weight is 353 g/mol. The molecule has 0 saturated carbocycles. The monoisotopic (exact) mass is 352 g/mol. The molecule has 0 atom stereocenters. The number of benzene rings is 2. The third-order valence-corrected chi connectivity index (χ3v) is 3.66. The molecule has 2 rings (SSSR count). The fourth-order valence-electron chi connectivity index (χ4n) is 2.15. The summed E-state index contributed by atoms with van der Waals surface area (Å²) in [5.41, 5.74) is 1.77. The van der Waals surface area contributed by atoms with Crippen LogP contribution in [0.25, 0.3) is 0 Å². The van der Waals surface area contributed by atoms with Crippen molar-refractivity contribution in [2.24, 2.45) is 0 Å². The van der Waals surface area contributed by atoms with Crippen LogP contribution in [0.2, 0.25) is 10.0 Å². The Bertz CT molecular complexity index is 657. The molecule has 2 aromatic carbocycles. The van der Waals surface area contributed by atoms with Gasteiger partial charge in [0, 0.05) is 22.3 Å². The van der Waals surface area contributed by atoms with Crippen molar-refractivity contribution in [2.45, 2.75) is 6.42 Å². The Morgan fingerprint density at radius 2 is 1.83 bits per heavy atom. The highest BCUT2D eigenvalue weighted by molar-refractivity contribution is 6.35. The largest absolute Gasteiger partial charge is 0.496 e. The number of carbonyl (C=O) groups excluding carboxylic acids is 1. The number of para-hydroxylation sites is 1. The number of amides is 1. The van der Waals surface area contributed by atoms with E-state index >= 15 is 0 Å². The second-order valence-electron chi connectivity index (χ2n) is 4.92. The van der Waals surface area contributed by atoms with Gasteiger partial charge in [-0.3, -0.25) is 4.79 Å². The van der Waals surface area contributed by atoms with Gasteiger partial charge < -0.3 is 15.4 Å². The van der Waals surface area contributed by atoms with E-state index < -0.39 is 0 Å². The van der Waals surface area contributed by atoms with Crippen LogP contribution in [0.15, 0.2) is 42.5 Å². The van der Waals surface area contributed by atoms with Crippen LogP contribution in [-0.4, -0.2) is 26.1 Å². The van der Waals surface area contributed by atoms with Gasteiger partial charge in [-0.15, -0.1) is 0 Å². The molecule has 0 aliphatic rings. The van der Waals surface area contributed by atoms with E-state index in [-0.39, 0.29) is 12.5 Å². The summed E-state index contributed by atoms with van der Waals surface area (Å²) in [6, 6.07) is 12.8. The predicted molar refractivity (Wildman–Crippen MR) is 94.7 cm³/mol. The number of halogens is 2. The zero-order valence-electron chi connectivity index (χ0n) is 12.7. The van der Waals surface area contributed by atoms with Gasteiger partial charge in [0.15, 0.2) is 0 Å². The van der Waals surface area contributed by atoms with Crippen molar-refractivity contribution in [1.29, 1.82) is 0 Å². The number of anilines is 1. The SMILES string of the molecule is COc1ccccc1CCNC(=O)CNc1cc(Cl)cc(Cl)c1. The van der Waals surface area contributed by atoms with E-state index in [0.717, 1.165) is 11.3 Å². The van der Waals surface area contributed by atoms with E-state index in [2.05, 4.69) is 10.6 Å². The summed E-state index contributed by atoms with van der Waals surface area (Å²) in [6.07, 6.45) is 0.707. The molecule has 0 bridgehead atoms. The summed E-state index contributed by atoms with van der Waals surface area (Å²) in [7, 11) is 1.64. The highest BCUT2D eigenvalue weighted by Gasteiger charge is 2.05. The molecule has 23 heavy (non-hydrogen) atoms. The Kier molecular flexibility index (Phi) is 6.56. The molecule has 0 aromatic heterocycles. The maximum Gasteiger partial charge on any atom is 0.239 e. The molecule has 0 unspecified atom stereocenters. The predicted octanol–water partition coefficient (Wildman–Crippen LogP) is 3.77. The molecule has 2 N–H and O–H groups in total. The van der Waals surface area contributed by atoms with E-state index in [4.69, 9.17) is 27.9 Å². The first-order chi connectivity index (χ1) is 11.1. The van der Waals surface area contributed by atoms with Gasteiger partial charge in [-0.2, -0.15) is 0 Å². The zero-order valence-corrected chi connectivity index (χ0v) is 14.2. The molecule has 0 heterocycles. The zero-order chi connectivity index (χ0) is 16.7. The van der Waals surface area contributed by atoms with Crippen molar-refractivity contribution in [2.75, 3.05) is 25.5 Å². The van der Waals surface area contributed by atoms with Crippen molar-refractivity contribution < 1.29 is 9.53 Å². The van der Waals surface area contributed by atoms with Gasteiger partial charge in [-0.1, -0.05) is 41.4 Å². The second-order valence-corrected chi connectivity index (χ2v) is 5.80. The summed E-state index contributed by atoms with van der Waals surface area (Å²) in [5, 5.41) is 6.90. The Morgan fingerprint density at radius 3 is 2.52 bits per heavy atom. The molecule has 0 aliphatic carbocycles. The Hall–Kier alpha value is -1.91. The van der Waals surface area contributed by atoms with Gasteiger partial charge in [-0.05, 0) is 36.2 Å². The summed E-state index contributed by atoms with van der Waals surface area (Å²) in [4.78, 5) is 11.9. The standard InChI is InChI=1S/C17H18Cl2N2O2/c1-23-16-5-3-2-4-12(16)6-7-20-17(22)11-21-15-9-13(18)8-14(19)10-15/h2-5,8-10,21H,6-7,11H2,1H3,(H,20,22). The molecule has 1 amide bonds. The van der Waals surface area contributed by atoms with Gasteiger partial charge >= 0.3 is 0 Å². The van der Waals surface area contributed by atoms with Crippen LogP contribution in [0, 0.1) is 0 Å². The maximum absolute atomic E-state index is 11.9. The van der Waals surface area contributed by atoms with Crippen LogP contribution in [0.5, 0.6) is 5.75 Å². The second kappa shape index (κ2) is 8.65. The molecule has 0 saturated heterocycles. The third-order valence-electron chi connectivity index (χ3n) is 3.22. The summed E-state index contributed by atoms with van der Waals surface area (Å²) >= 11 is 11.8. The summed E-state index contributed by atoms with van der Waals surface area (Å²) < 4.78 is 5.28. The molecular formula is C17H18Cl2N2O2. The first kappa shape index (κ1) is 17.4. The molecular weight excluding hydrogens is 335 g/mol. The van der Waals surface area contributed by atoms with Gasteiger partial charge in [0.25, 0.3) is 0 Å². The van der Waals surface area contributed by atoms with Crippen molar-refractivity contribution in [3.63, 3.8) is 0 Å². The minimum atomic E-state index is -0.101. The lowest BCUT2D eigenvalue weighted by atomic mass is 10.1. The number of ether oxygens (including phenoxy) is 1. The lowest BCUT2D eigenvalue weighted by Crippen LogP contribution is -2.31. The number of hydrogen-bond donors (Lipinski definition) is 2. The highest BCUT2D eigenvalue weighted by atomic mass is 35.5. The van der Waals surface area contributed by atoms with Gasteiger partial charge in [-0.25, -0.2) is 0 Å². The molecule has 6 heteroatoms. The van der Waals surface area contributed by atoms with Gasteiger partial charge in [0.1, 0.15) is 5.75 Å². The molecule has 122 valence electrons. The summed E-state index contributed by atoms with van der Waals surface area (Å²) in [6.45, 7) is 0.694. The molecule has 0 aliphatic heterocycles. The fraction of sp³-hybridized carbons (Fsp3) is 0.235. The van der Waals surface area contributed by atoms with Crippen molar-refractivity contribution in [1.82, 2.24) is 5.32 Å². The molecule has 0 fully saturated rings. The van der Waals surface area contributed by atoms with Crippen LogP contribution < -0.4 is 15.4 Å². The Morgan fingerprint density at radius 1 is 1.13 bits per heavy atom. The molecule has 0 spiro atoms. The van der Waals surface area contributed by atoms with Gasteiger partial charge in [0.2, 0.25) is 5.91 Å².